The Kier molecular flexibility index (Phi) is 5.38. The van der Waals surface area contributed by atoms with E-state index in [1.807, 2.05) is 18.7 Å². The number of amides is 1. The van der Waals surface area contributed by atoms with E-state index < -0.39 is 17.5 Å². The Morgan fingerprint density at radius 3 is 2.82 bits per heavy atom. The first-order valence-corrected chi connectivity index (χ1v) is 11.4. The zero-order valence-corrected chi connectivity index (χ0v) is 19.2. The minimum atomic E-state index is -0.697. The predicted molar refractivity (Wildman–Crippen MR) is 122 cm³/mol. The number of benzene rings is 1. The van der Waals surface area contributed by atoms with Crippen LogP contribution in [0.3, 0.4) is 0 Å². The number of fused-ring (bicyclic) bond motifs is 2. The second-order valence-corrected chi connectivity index (χ2v) is 9.76. The van der Waals surface area contributed by atoms with E-state index in [0.717, 1.165) is 0 Å². The number of aromatic hydroxyl groups is 1. The molecule has 3 N–H and O–H groups in total. The Hall–Kier alpha value is -2.62. The van der Waals surface area contributed by atoms with Gasteiger partial charge in [0.2, 0.25) is 0 Å². The number of halogens is 2. The molecule has 0 spiro atoms. The minimum Gasteiger partial charge on any atom is -0.507 e. The average Bonchev–Trinajstić information content (AvgIpc) is 2.95. The number of phenolic OH excluding ortho intramolecular Hbond substituents is 1. The fraction of sp³-hybridized carbons (Fsp3) is 0.478. The normalized spacial score (nSPS) is 24.2. The molecule has 3 aliphatic rings. The highest BCUT2D eigenvalue weighted by Gasteiger charge is 2.44. The first-order valence-electron chi connectivity index (χ1n) is 11.0. The van der Waals surface area contributed by atoms with Gasteiger partial charge in [-0.1, -0.05) is 17.7 Å². The smallest absolute Gasteiger partial charge is 0.261 e. The van der Waals surface area contributed by atoms with Crippen LogP contribution >= 0.6 is 11.6 Å². The number of rotatable bonds is 2. The third kappa shape index (κ3) is 3.59. The third-order valence-corrected chi connectivity index (χ3v) is 7.01. The lowest BCUT2D eigenvalue weighted by molar-refractivity contribution is 0.0606. The molecule has 1 aromatic heterocycles. The summed E-state index contributed by atoms with van der Waals surface area (Å²) in [6.45, 7) is 6.09. The number of hydrogen-bond donors (Lipinski definition) is 3. The van der Waals surface area contributed by atoms with Gasteiger partial charge < -0.3 is 30.1 Å². The van der Waals surface area contributed by atoms with Crippen molar-refractivity contribution in [2.24, 2.45) is 0 Å². The number of carbonyl (C=O) groups excluding carboxylic acids is 1. The molecule has 0 bridgehead atoms. The number of carbonyl (C=O) groups is 1. The van der Waals surface area contributed by atoms with Gasteiger partial charge in [0.1, 0.15) is 40.3 Å². The van der Waals surface area contributed by atoms with Gasteiger partial charge in [-0.3, -0.25) is 4.79 Å². The van der Waals surface area contributed by atoms with E-state index in [4.69, 9.17) is 16.3 Å². The number of ether oxygens (including phenoxy) is 1. The van der Waals surface area contributed by atoms with Crippen LogP contribution < -0.4 is 15.0 Å². The molecule has 8 nitrogen and oxygen atoms in total. The van der Waals surface area contributed by atoms with Crippen molar-refractivity contribution in [2.75, 3.05) is 37.7 Å². The first kappa shape index (κ1) is 22.2. The number of piperazine rings is 1. The van der Waals surface area contributed by atoms with E-state index in [1.54, 1.807) is 4.90 Å². The van der Waals surface area contributed by atoms with Crippen LogP contribution in [0.5, 0.6) is 11.5 Å². The van der Waals surface area contributed by atoms with Crippen LogP contribution in [0.1, 0.15) is 30.6 Å². The first-order chi connectivity index (χ1) is 15.7. The lowest BCUT2D eigenvalue weighted by Gasteiger charge is -2.36. The van der Waals surface area contributed by atoms with Crippen LogP contribution in [0.15, 0.2) is 18.2 Å². The van der Waals surface area contributed by atoms with Crippen LogP contribution in [-0.2, 0) is 0 Å². The summed E-state index contributed by atoms with van der Waals surface area (Å²) in [6.07, 6.45) is -0.148. The third-order valence-electron chi connectivity index (χ3n) is 6.66. The van der Waals surface area contributed by atoms with Gasteiger partial charge in [-0.05, 0) is 32.4 Å². The van der Waals surface area contributed by atoms with Gasteiger partial charge in [0, 0.05) is 31.7 Å². The number of pyridine rings is 1. The van der Waals surface area contributed by atoms with Gasteiger partial charge in [-0.2, -0.15) is 0 Å². The summed E-state index contributed by atoms with van der Waals surface area (Å²) in [4.78, 5) is 22.0. The van der Waals surface area contributed by atoms with Crippen molar-refractivity contribution >= 4 is 23.3 Å². The highest BCUT2D eigenvalue weighted by atomic mass is 35.5. The summed E-state index contributed by atoms with van der Waals surface area (Å²) in [5.74, 6) is -0.899. The number of aromatic nitrogens is 1. The van der Waals surface area contributed by atoms with Gasteiger partial charge in [0.05, 0.1) is 17.7 Å². The van der Waals surface area contributed by atoms with Crippen molar-refractivity contribution in [3.05, 3.63) is 34.6 Å². The van der Waals surface area contributed by atoms with E-state index in [0.29, 0.717) is 26.1 Å². The lowest BCUT2D eigenvalue weighted by Crippen LogP contribution is -2.55. The second-order valence-electron chi connectivity index (χ2n) is 9.38. The molecule has 0 radical (unpaired) electrons. The van der Waals surface area contributed by atoms with Gasteiger partial charge >= 0.3 is 0 Å². The summed E-state index contributed by atoms with van der Waals surface area (Å²) in [7, 11) is 0. The van der Waals surface area contributed by atoms with Crippen molar-refractivity contribution in [1.29, 1.82) is 0 Å². The number of nitrogens with zero attached hydrogens (tertiary/aromatic N) is 3. The standard InChI is InChI=1S/C23H26ClFN4O4/c1-23(2)8-13(30)10-29(23)21-17-20(33-11-12-9-26-6-7-28(12)22(17)32)18(24)19(27-21)16-14(25)4-3-5-15(16)31/h3-5,12-13,26,30-31H,6-11H2,1-2H3/t12-,13?/m1/s1. The van der Waals surface area contributed by atoms with Crippen molar-refractivity contribution < 1.29 is 24.1 Å². The molecule has 176 valence electrons. The Morgan fingerprint density at radius 2 is 2.12 bits per heavy atom. The molecule has 4 heterocycles. The fourth-order valence-corrected chi connectivity index (χ4v) is 5.33. The molecule has 10 heteroatoms. The molecule has 2 atom stereocenters. The van der Waals surface area contributed by atoms with E-state index >= 15 is 0 Å². The number of hydrogen-bond acceptors (Lipinski definition) is 7. The fourth-order valence-electron chi connectivity index (χ4n) is 5.05. The van der Waals surface area contributed by atoms with Gasteiger partial charge in [0.15, 0.2) is 5.75 Å². The van der Waals surface area contributed by atoms with Gasteiger partial charge in [-0.15, -0.1) is 0 Å². The molecule has 5 rings (SSSR count). The van der Waals surface area contributed by atoms with Crippen LogP contribution in [-0.4, -0.2) is 76.5 Å². The molecule has 2 fully saturated rings. The molecule has 2 aromatic rings. The number of β-amino-alcohol motifs (C(OH)–C–C–N with tert-alkyl or cyclic N) is 1. The molecular formula is C23H26ClFN4O4. The largest absolute Gasteiger partial charge is 0.507 e. The van der Waals surface area contributed by atoms with E-state index in [2.05, 4.69) is 10.3 Å². The second kappa shape index (κ2) is 8.00. The maximum absolute atomic E-state index is 14.8. The predicted octanol–water partition coefficient (Wildman–Crippen LogP) is 2.40. The SMILES string of the molecule is CC1(C)CC(O)CN1c1nc(-c2c(O)cccc2F)c(Cl)c2c1C(=O)N1CCNC[C@@H]1CO2. The van der Waals surface area contributed by atoms with E-state index in [1.165, 1.54) is 18.2 Å². The summed E-state index contributed by atoms with van der Waals surface area (Å²) in [6, 6.07) is 3.76. The van der Waals surface area contributed by atoms with Crippen LogP contribution in [0.4, 0.5) is 10.2 Å². The zero-order valence-electron chi connectivity index (χ0n) is 18.4. The van der Waals surface area contributed by atoms with Crippen molar-refractivity contribution in [3.8, 4) is 22.8 Å². The molecule has 3 aliphatic heterocycles. The lowest BCUT2D eigenvalue weighted by atomic mass is 10.00. The number of aliphatic hydroxyl groups is 1. The summed E-state index contributed by atoms with van der Waals surface area (Å²) < 4.78 is 20.9. The van der Waals surface area contributed by atoms with Crippen LogP contribution in [0.25, 0.3) is 11.3 Å². The van der Waals surface area contributed by atoms with Gasteiger partial charge in [0.25, 0.3) is 5.91 Å². The topological polar surface area (TPSA) is 98.2 Å². The van der Waals surface area contributed by atoms with Crippen molar-refractivity contribution in [2.45, 2.75) is 38.0 Å². The average molecular weight is 477 g/mol. The molecule has 0 aliphatic carbocycles. The number of nitrogens with one attached hydrogen (secondary N) is 1. The monoisotopic (exact) mass is 476 g/mol. The maximum Gasteiger partial charge on any atom is 0.261 e. The molecular weight excluding hydrogens is 451 g/mol. The van der Waals surface area contributed by atoms with Crippen molar-refractivity contribution in [3.63, 3.8) is 0 Å². The molecule has 1 aromatic carbocycles. The maximum atomic E-state index is 14.8. The molecule has 1 unspecified atom stereocenters. The highest BCUT2D eigenvalue weighted by Crippen LogP contribution is 2.47. The molecule has 2 saturated heterocycles. The van der Waals surface area contributed by atoms with E-state index in [9.17, 15) is 19.4 Å². The summed E-state index contributed by atoms with van der Waals surface area (Å²) >= 11 is 6.70. The quantitative estimate of drug-likeness (QED) is 0.612. The van der Waals surface area contributed by atoms with Gasteiger partial charge in [-0.25, -0.2) is 9.37 Å². The Balaban J connectivity index is 1.78. The summed E-state index contributed by atoms with van der Waals surface area (Å²) in [5.41, 5.74) is -0.503. The Morgan fingerprint density at radius 1 is 1.33 bits per heavy atom. The highest BCUT2D eigenvalue weighted by molar-refractivity contribution is 6.35. The van der Waals surface area contributed by atoms with Crippen molar-refractivity contribution in [1.82, 2.24) is 15.2 Å². The zero-order chi connectivity index (χ0) is 23.5. The molecule has 0 saturated carbocycles. The van der Waals surface area contributed by atoms with Crippen LogP contribution in [0, 0.1) is 5.82 Å². The molecule has 33 heavy (non-hydrogen) atoms. The number of phenols is 1. The number of aliphatic hydroxyl groups excluding tert-OH is 1. The Labute approximate surface area is 195 Å². The minimum absolute atomic E-state index is 0.0102. The number of anilines is 1. The van der Waals surface area contributed by atoms with E-state index in [-0.39, 0.29) is 64.3 Å². The van der Waals surface area contributed by atoms with Crippen LogP contribution in [0.2, 0.25) is 5.02 Å². The summed E-state index contributed by atoms with van der Waals surface area (Å²) in [5, 5.41) is 24.1. The molecule has 1 amide bonds. The Bertz CT molecular complexity index is 1110.